The van der Waals surface area contributed by atoms with Gasteiger partial charge in [0.2, 0.25) is 5.76 Å². The van der Waals surface area contributed by atoms with Gasteiger partial charge in [0.1, 0.15) is 5.75 Å². The summed E-state index contributed by atoms with van der Waals surface area (Å²) in [5, 5.41) is 11.4. The monoisotopic (exact) mass is 333 g/mol. The van der Waals surface area contributed by atoms with Gasteiger partial charge in [0.15, 0.2) is 5.76 Å². The molecule has 24 heavy (non-hydrogen) atoms. The van der Waals surface area contributed by atoms with Crippen LogP contribution in [0.2, 0.25) is 0 Å². The second kappa shape index (κ2) is 8.73. The molecule has 0 bridgehead atoms. The van der Waals surface area contributed by atoms with E-state index in [1.807, 2.05) is 24.3 Å². The Kier molecular flexibility index (Phi) is 6.39. The number of hydrogen-bond donors (Lipinski definition) is 2. The minimum atomic E-state index is -1.21. The third kappa shape index (κ3) is 5.13. The van der Waals surface area contributed by atoms with Gasteiger partial charge in [0, 0.05) is 13.2 Å². The van der Waals surface area contributed by atoms with Crippen LogP contribution >= 0.6 is 0 Å². The number of nitrogens with one attached hydrogen (secondary N) is 1. The fourth-order valence-corrected chi connectivity index (χ4v) is 1.95. The van der Waals surface area contributed by atoms with E-state index in [1.165, 1.54) is 12.1 Å². The summed E-state index contributed by atoms with van der Waals surface area (Å²) in [4.78, 5) is 22.4. The highest BCUT2D eigenvalue weighted by molar-refractivity contribution is 5.93. The van der Waals surface area contributed by atoms with Crippen LogP contribution in [-0.2, 0) is 11.3 Å². The van der Waals surface area contributed by atoms with Gasteiger partial charge in [-0.2, -0.15) is 0 Å². The third-order valence-corrected chi connectivity index (χ3v) is 3.22. The first-order valence-electron chi connectivity index (χ1n) is 7.42. The number of furan rings is 1. The molecule has 0 spiro atoms. The number of ether oxygens (including phenoxy) is 2. The van der Waals surface area contributed by atoms with Gasteiger partial charge in [-0.3, -0.25) is 4.79 Å². The van der Waals surface area contributed by atoms with Gasteiger partial charge < -0.3 is 24.3 Å². The highest BCUT2D eigenvalue weighted by atomic mass is 16.5. The molecule has 1 heterocycles. The molecule has 0 unspecified atom stereocenters. The van der Waals surface area contributed by atoms with E-state index in [-0.39, 0.29) is 11.5 Å². The van der Waals surface area contributed by atoms with Crippen molar-refractivity contribution in [1.82, 2.24) is 5.32 Å². The first-order chi connectivity index (χ1) is 11.6. The Morgan fingerprint density at radius 3 is 2.46 bits per heavy atom. The number of carboxylic acid groups (broad SMARTS) is 1. The molecule has 2 N–H and O–H groups in total. The first kappa shape index (κ1) is 17.6. The van der Waals surface area contributed by atoms with E-state index in [9.17, 15) is 9.59 Å². The number of amides is 1. The summed E-state index contributed by atoms with van der Waals surface area (Å²) < 4.78 is 15.5. The summed E-state index contributed by atoms with van der Waals surface area (Å²) in [7, 11) is 1.62. The zero-order chi connectivity index (χ0) is 17.4. The summed E-state index contributed by atoms with van der Waals surface area (Å²) >= 11 is 0. The average Bonchev–Trinajstić information content (AvgIpc) is 3.09. The van der Waals surface area contributed by atoms with Crippen molar-refractivity contribution < 1.29 is 28.6 Å². The lowest BCUT2D eigenvalue weighted by Crippen LogP contribution is -2.24. The Hall–Kier alpha value is -2.80. The molecule has 7 heteroatoms. The lowest BCUT2D eigenvalue weighted by molar-refractivity contribution is 0.0659. The molecular formula is C17H19NO6. The van der Waals surface area contributed by atoms with E-state index in [0.29, 0.717) is 26.2 Å². The average molecular weight is 333 g/mol. The van der Waals surface area contributed by atoms with Crippen molar-refractivity contribution >= 4 is 11.9 Å². The molecule has 1 aromatic heterocycles. The number of rotatable bonds is 9. The van der Waals surface area contributed by atoms with Gasteiger partial charge in [0.05, 0.1) is 13.7 Å². The topological polar surface area (TPSA) is 98.0 Å². The summed E-state index contributed by atoms with van der Waals surface area (Å²) in [5.74, 6) is -1.14. The van der Waals surface area contributed by atoms with Crippen molar-refractivity contribution in [3.8, 4) is 5.75 Å². The van der Waals surface area contributed by atoms with Crippen molar-refractivity contribution in [2.24, 2.45) is 0 Å². The van der Waals surface area contributed by atoms with E-state index < -0.39 is 11.9 Å². The van der Waals surface area contributed by atoms with Gasteiger partial charge in [0.25, 0.3) is 5.91 Å². The highest BCUT2D eigenvalue weighted by Gasteiger charge is 2.14. The maximum absolute atomic E-state index is 11.7. The van der Waals surface area contributed by atoms with Crippen LogP contribution in [-0.4, -0.2) is 37.2 Å². The normalized spacial score (nSPS) is 10.4. The molecule has 0 aliphatic rings. The van der Waals surface area contributed by atoms with Crippen molar-refractivity contribution in [2.75, 3.05) is 20.3 Å². The molecule has 0 aliphatic carbocycles. The fourth-order valence-electron chi connectivity index (χ4n) is 1.95. The molecule has 2 rings (SSSR count). The third-order valence-electron chi connectivity index (χ3n) is 3.22. The van der Waals surface area contributed by atoms with Crippen LogP contribution in [0.3, 0.4) is 0 Å². The number of carbonyl (C=O) groups excluding carboxylic acids is 1. The largest absolute Gasteiger partial charge is 0.497 e. The molecule has 0 fully saturated rings. The second-order valence-corrected chi connectivity index (χ2v) is 4.98. The van der Waals surface area contributed by atoms with Gasteiger partial charge in [-0.15, -0.1) is 0 Å². The van der Waals surface area contributed by atoms with E-state index >= 15 is 0 Å². The zero-order valence-corrected chi connectivity index (χ0v) is 13.3. The van der Waals surface area contributed by atoms with E-state index in [1.54, 1.807) is 7.11 Å². The first-order valence-corrected chi connectivity index (χ1v) is 7.42. The van der Waals surface area contributed by atoms with Crippen molar-refractivity contribution in [2.45, 2.75) is 13.0 Å². The Bertz CT molecular complexity index is 677. The number of hydrogen-bond acceptors (Lipinski definition) is 5. The highest BCUT2D eigenvalue weighted by Crippen LogP contribution is 2.12. The van der Waals surface area contributed by atoms with Crippen LogP contribution in [0.25, 0.3) is 0 Å². The SMILES string of the molecule is COc1ccc(COCCCNC(=O)c2ccc(C(=O)O)o2)cc1. The molecule has 1 aromatic carbocycles. The Balaban J connectivity index is 1.61. The molecule has 0 radical (unpaired) electrons. The van der Waals surface area contributed by atoms with Gasteiger partial charge in [-0.1, -0.05) is 12.1 Å². The van der Waals surface area contributed by atoms with E-state index in [4.69, 9.17) is 19.0 Å². The van der Waals surface area contributed by atoms with Gasteiger partial charge >= 0.3 is 5.97 Å². The summed E-state index contributed by atoms with van der Waals surface area (Å²) in [6.45, 7) is 1.38. The van der Waals surface area contributed by atoms with Crippen LogP contribution in [0.4, 0.5) is 0 Å². The standard InChI is InChI=1S/C17H19NO6/c1-22-13-5-3-12(4-6-13)11-23-10-2-9-18-16(19)14-7-8-15(24-14)17(20)21/h3-8H,2,9-11H2,1H3,(H,18,19)(H,20,21). The predicted molar refractivity (Wildman–Crippen MR) is 85.3 cm³/mol. The van der Waals surface area contributed by atoms with Crippen LogP contribution in [0.15, 0.2) is 40.8 Å². The molecule has 0 saturated heterocycles. The van der Waals surface area contributed by atoms with Crippen LogP contribution < -0.4 is 10.1 Å². The molecule has 0 saturated carbocycles. The number of carboxylic acids is 1. The lowest BCUT2D eigenvalue weighted by Gasteiger charge is -2.06. The summed E-state index contributed by atoms with van der Waals surface area (Å²) in [6.07, 6.45) is 0.633. The lowest BCUT2D eigenvalue weighted by atomic mass is 10.2. The molecule has 0 atom stereocenters. The van der Waals surface area contributed by atoms with E-state index in [0.717, 1.165) is 11.3 Å². The minimum Gasteiger partial charge on any atom is -0.497 e. The summed E-state index contributed by atoms with van der Waals surface area (Å²) in [6, 6.07) is 10.2. The van der Waals surface area contributed by atoms with Gasteiger partial charge in [-0.25, -0.2) is 4.79 Å². The number of carbonyl (C=O) groups is 2. The Morgan fingerprint density at radius 2 is 1.83 bits per heavy atom. The van der Waals surface area contributed by atoms with Crippen molar-refractivity contribution in [1.29, 1.82) is 0 Å². The van der Waals surface area contributed by atoms with Crippen molar-refractivity contribution in [3.63, 3.8) is 0 Å². The Morgan fingerprint density at radius 1 is 1.12 bits per heavy atom. The van der Waals surface area contributed by atoms with Crippen LogP contribution in [0, 0.1) is 0 Å². The zero-order valence-electron chi connectivity index (χ0n) is 13.3. The number of methoxy groups -OCH3 is 1. The smallest absolute Gasteiger partial charge is 0.371 e. The predicted octanol–water partition coefficient (Wildman–Crippen LogP) is 2.32. The number of benzene rings is 1. The quantitative estimate of drug-likeness (QED) is 0.684. The maximum Gasteiger partial charge on any atom is 0.371 e. The molecule has 128 valence electrons. The fraction of sp³-hybridized carbons (Fsp3) is 0.294. The maximum atomic E-state index is 11.7. The molecule has 0 aliphatic heterocycles. The molecular weight excluding hydrogens is 314 g/mol. The molecule has 2 aromatic rings. The van der Waals surface area contributed by atoms with Crippen molar-refractivity contribution in [3.05, 3.63) is 53.5 Å². The second-order valence-electron chi connectivity index (χ2n) is 4.98. The summed E-state index contributed by atoms with van der Waals surface area (Å²) in [5.41, 5.74) is 1.04. The molecule has 7 nitrogen and oxygen atoms in total. The Labute approximate surface area is 139 Å². The van der Waals surface area contributed by atoms with Crippen LogP contribution in [0.5, 0.6) is 5.75 Å². The molecule has 1 amide bonds. The van der Waals surface area contributed by atoms with Gasteiger partial charge in [-0.05, 0) is 36.2 Å². The minimum absolute atomic E-state index is 0.0217. The van der Waals surface area contributed by atoms with Crippen LogP contribution in [0.1, 0.15) is 33.1 Å². The number of aromatic carboxylic acids is 1. The van der Waals surface area contributed by atoms with E-state index in [2.05, 4.69) is 5.32 Å².